The Morgan fingerprint density at radius 2 is 1.04 bits per heavy atom. The predicted molar refractivity (Wildman–Crippen MR) is 101 cm³/mol. The van der Waals surface area contributed by atoms with Gasteiger partial charge in [0.15, 0.2) is 0 Å². The Balaban J connectivity index is 4.71. The lowest BCUT2D eigenvalue weighted by atomic mass is 10.4. The maximum Gasteiger partial charge on any atom is 0.501 e. The molecule has 4 nitrogen and oxygen atoms in total. The average Bonchev–Trinajstić information content (AvgIpc) is 2.47. The summed E-state index contributed by atoms with van der Waals surface area (Å²) in [7, 11) is 4.18. The molecule has 0 spiro atoms. The van der Waals surface area contributed by atoms with Gasteiger partial charge >= 0.3 is 8.80 Å². The standard InChI is InChI=1S/C18H42NO3Si/c1-7-10-15-20-23(21-16-11-8-2,22-17-12-9-3)18-13-14-19(4,5)6/h7-18H2,1-6H3/q+1. The van der Waals surface area contributed by atoms with E-state index in [0.717, 1.165) is 81.8 Å². The van der Waals surface area contributed by atoms with E-state index in [9.17, 15) is 0 Å². The van der Waals surface area contributed by atoms with E-state index in [-0.39, 0.29) is 0 Å². The Morgan fingerprint density at radius 3 is 1.35 bits per heavy atom. The van der Waals surface area contributed by atoms with Crippen LogP contribution in [0.15, 0.2) is 0 Å². The molecule has 0 amide bonds. The largest absolute Gasteiger partial charge is 0.501 e. The zero-order valence-electron chi connectivity index (χ0n) is 16.7. The molecular weight excluding hydrogens is 306 g/mol. The van der Waals surface area contributed by atoms with Gasteiger partial charge in [0.25, 0.3) is 0 Å². The van der Waals surface area contributed by atoms with E-state index in [1.54, 1.807) is 0 Å². The minimum Gasteiger partial charge on any atom is -0.373 e. The summed E-state index contributed by atoms with van der Waals surface area (Å²) in [6, 6.07) is 0.944. The van der Waals surface area contributed by atoms with Gasteiger partial charge in [0.1, 0.15) is 0 Å². The molecule has 0 aliphatic carbocycles. The zero-order chi connectivity index (χ0) is 17.6. The molecule has 0 rings (SSSR count). The highest BCUT2D eigenvalue weighted by Crippen LogP contribution is 2.21. The molecule has 0 aromatic heterocycles. The van der Waals surface area contributed by atoms with Crippen LogP contribution in [-0.4, -0.2) is 60.8 Å². The third-order valence-electron chi connectivity index (χ3n) is 3.77. The maximum absolute atomic E-state index is 6.27. The Kier molecular flexibility index (Phi) is 13.4. The van der Waals surface area contributed by atoms with Crippen molar-refractivity contribution in [1.29, 1.82) is 0 Å². The van der Waals surface area contributed by atoms with E-state index in [1.807, 2.05) is 0 Å². The molecule has 0 radical (unpaired) electrons. The Labute approximate surface area is 146 Å². The number of hydrogen-bond donors (Lipinski definition) is 0. The number of nitrogens with zero attached hydrogens (tertiary/aromatic N) is 1. The van der Waals surface area contributed by atoms with Crippen molar-refractivity contribution < 1.29 is 17.8 Å². The van der Waals surface area contributed by atoms with Crippen molar-refractivity contribution in [3.8, 4) is 0 Å². The fraction of sp³-hybridized carbons (Fsp3) is 1.00. The quantitative estimate of drug-likeness (QED) is 0.234. The summed E-state index contributed by atoms with van der Waals surface area (Å²) < 4.78 is 19.8. The summed E-state index contributed by atoms with van der Waals surface area (Å²) >= 11 is 0. The second-order valence-corrected chi connectivity index (χ2v) is 10.1. The molecular formula is C18H42NO3Si+. The van der Waals surface area contributed by atoms with Crippen LogP contribution in [0.2, 0.25) is 6.04 Å². The topological polar surface area (TPSA) is 27.7 Å². The van der Waals surface area contributed by atoms with E-state index in [4.69, 9.17) is 13.3 Å². The predicted octanol–water partition coefficient (Wildman–Crippen LogP) is 4.47. The highest BCUT2D eigenvalue weighted by atomic mass is 28.4. The van der Waals surface area contributed by atoms with Crippen molar-refractivity contribution in [1.82, 2.24) is 0 Å². The van der Waals surface area contributed by atoms with Crippen LogP contribution in [0.1, 0.15) is 65.7 Å². The van der Waals surface area contributed by atoms with Crippen molar-refractivity contribution >= 4 is 8.80 Å². The Morgan fingerprint density at radius 1 is 0.652 bits per heavy atom. The second kappa shape index (κ2) is 13.4. The van der Waals surface area contributed by atoms with Crippen LogP contribution in [0.4, 0.5) is 0 Å². The maximum atomic E-state index is 6.27. The molecule has 140 valence electrons. The van der Waals surface area contributed by atoms with Gasteiger partial charge in [-0.1, -0.05) is 40.0 Å². The normalized spacial score (nSPS) is 12.8. The van der Waals surface area contributed by atoms with Gasteiger partial charge in [-0.2, -0.15) is 0 Å². The lowest BCUT2D eigenvalue weighted by Crippen LogP contribution is -2.47. The van der Waals surface area contributed by atoms with Crippen LogP contribution in [0.5, 0.6) is 0 Å². The average molecular weight is 349 g/mol. The molecule has 5 heteroatoms. The lowest BCUT2D eigenvalue weighted by Gasteiger charge is -2.31. The van der Waals surface area contributed by atoms with Crippen LogP contribution >= 0.6 is 0 Å². The minimum atomic E-state index is -2.52. The van der Waals surface area contributed by atoms with Crippen LogP contribution in [0.25, 0.3) is 0 Å². The minimum absolute atomic E-state index is 0.769. The van der Waals surface area contributed by atoms with E-state index in [0.29, 0.717) is 0 Å². The zero-order valence-corrected chi connectivity index (χ0v) is 17.7. The second-order valence-electron chi connectivity index (χ2n) is 7.41. The summed E-state index contributed by atoms with van der Waals surface area (Å²) in [5.74, 6) is 0. The van der Waals surface area contributed by atoms with Crippen LogP contribution in [0.3, 0.4) is 0 Å². The van der Waals surface area contributed by atoms with Gasteiger partial charge in [0.05, 0.1) is 27.7 Å². The first kappa shape index (κ1) is 23.1. The van der Waals surface area contributed by atoms with Crippen molar-refractivity contribution in [2.24, 2.45) is 0 Å². The fourth-order valence-corrected chi connectivity index (χ4v) is 4.87. The van der Waals surface area contributed by atoms with E-state index < -0.39 is 8.80 Å². The van der Waals surface area contributed by atoms with Crippen molar-refractivity contribution in [3.05, 3.63) is 0 Å². The first-order valence-electron chi connectivity index (χ1n) is 9.61. The van der Waals surface area contributed by atoms with Crippen molar-refractivity contribution in [2.45, 2.75) is 71.8 Å². The van der Waals surface area contributed by atoms with E-state index in [2.05, 4.69) is 41.9 Å². The highest BCUT2D eigenvalue weighted by molar-refractivity contribution is 6.60. The molecule has 0 aromatic carbocycles. The summed E-state index contributed by atoms with van der Waals surface area (Å²) in [5.41, 5.74) is 0. The molecule has 0 heterocycles. The molecule has 0 saturated heterocycles. The molecule has 0 saturated carbocycles. The van der Waals surface area contributed by atoms with Gasteiger partial charge in [-0.15, -0.1) is 0 Å². The number of unbranched alkanes of at least 4 members (excludes halogenated alkanes) is 3. The van der Waals surface area contributed by atoms with Gasteiger partial charge in [-0.05, 0) is 19.3 Å². The third-order valence-corrected chi connectivity index (χ3v) is 6.67. The molecule has 0 bridgehead atoms. The van der Waals surface area contributed by atoms with E-state index >= 15 is 0 Å². The molecule has 0 atom stereocenters. The Hall–Kier alpha value is 0.0569. The molecule has 0 aliphatic rings. The van der Waals surface area contributed by atoms with Gasteiger partial charge in [0, 0.05) is 32.3 Å². The van der Waals surface area contributed by atoms with Gasteiger partial charge < -0.3 is 17.8 Å². The van der Waals surface area contributed by atoms with Crippen LogP contribution in [-0.2, 0) is 13.3 Å². The first-order chi connectivity index (χ1) is 10.9. The smallest absolute Gasteiger partial charge is 0.373 e. The van der Waals surface area contributed by atoms with Gasteiger partial charge in [-0.25, -0.2) is 0 Å². The number of hydrogen-bond acceptors (Lipinski definition) is 3. The molecule has 0 N–H and O–H groups in total. The summed E-state index contributed by atoms with van der Waals surface area (Å²) in [6.07, 6.45) is 7.78. The molecule has 23 heavy (non-hydrogen) atoms. The molecule has 0 aromatic rings. The van der Waals surface area contributed by atoms with Crippen molar-refractivity contribution in [2.75, 3.05) is 47.5 Å². The number of quaternary nitrogens is 1. The summed E-state index contributed by atoms with van der Waals surface area (Å²) in [5, 5.41) is 0. The number of rotatable bonds is 16. The first-order valence-corrected chi connectivity index (χ1v) is 11.5. The van der Waals surface area contributed by atoms with Gasteiger partial charge in [-0.3, -0.25) is 0 Å². The Bertz CT molecular complexity index is 243. The van der Waals surface area contributed by atoms with Crippen molar-refractivity contribution in [3.63, 3.8) is 0 Å². The summed E-state index contributed by atoms with van der Waals surface area (Å²) in [6.45, 7) is 10.0. The van der Waals surface area contributed by atoms with Crippen LogP contribution < -0.4 is 0 Å². The van der Waals surface area contributed by atoms with Crippen LogP contribution in [0, 0.1) is 0 Å². The molecule has 0 aliphatic heterocycles. The third kappa shape index (κ3) is 13.1. The lowest BCUT2D eigenvalue weighted by molar-refractivity contribution is -0.870. The SMILES string of the molecule is CCCCO[Si](CCC[N+](C)(C)C)(OCCCC)OCCCC. The molecule has 0 fully saturated rings. The fourth-order valence-electron chi connectivity index (χ4n) is 2.23. The monoisotopic (exact) mass is 348 g/mol. The summed E-state index contributed by atoms with van der Waals surface area (Å²) in [4.78, 5) is 0. The molecule has 0 unspecified atom stereocenters. The highest BCUT2D eigenvalue weighted by Gasteiger charge is 2.41. The van der Waals surface area contributed by atoms with E-state index in [1.165, 1.54) is 0 Å². The van der Waals surface area contributed by atoms with Gasteiger partial charge in [0.2, 0.25) is 0 Å².